The first kappa shape index (κ1) is 19.1. The monoisotopic (exact) mass is 379 g/mol. The lowest BCUT2D eigenvalue weighted by atomic mass is 9.94. The molecule has 8 nitrogen and oxygen atoms in total. The van der Waals surface area contributed by atoms with E-state index in [-0.39, 0.29) is 17.2 Å². The molecule has 0 aliphatic carbocycles. The Kier molecular flexibility index (Phi) is 5.42. The Labute approximate surface area is 160 Å². The molecule has 0 amide bonds. The second-order valence-electron chi connectivity index (χ2n) is 6.54. The van der Waals surface area contributed by atoms with Gasteiger partial charge in [-0.1, -0.05) is 24.3 Å². The number of Topliss-reactive ketones (excluding diaryl/α,β-unsaturated/α-hetero) is 1. The summed E-state index contributed by atoms with van der Waals surface area (Å²) in [4.78, 5) is 35.8. The standard InChI is InChI=1S/C20H17N3O5/c1-21-12-16(8-14-4-2-6-18(10-14)22(25)26)20(24)17(13-21)9-15-5-3-7-19(11-15)23(27)28/h2-11H,12-13H2,1H3/b16-8+,17-9+. The number of rotatable bonds is 4. The molecular formula is C20H17N3O5. The van der Waals surface area contributed by atoms with E-state index < -0.39 is 9.85 Å². The molecule has 1 saturated heterocycles. The summed E-state index contributed by atoms with van der Waals surface area (Å²) in [5.74, 6) is -0.170. The summed E-state index contributed by atoms with van der Waals surface area (Å²) < 4.78 is 0. The summed E-state index contributed by atoms with van der Waals surface area (Å²) >= 11 is 0. The highest BCUT2D eigenvalue weighted by atomic mass is 16.6. The maximum absolute atomic E-state index is 12.9. The number of nitro groups is 2. The second-order valence-corrected chi connectivity index (χ2v) is 6.54. The Morgan fingerprint density at radius 1 is 0.857 bits per heavy atom. The lowest BCUT2D eigenvalue weighted by molar-refractivity contribution is -0.385. The summed E-state index contributed by atoms with van der Waals surface area (Å²) in [5, 5.41) is 21.9. The van der Waals surface area contributed by atoms with Crippen molar-refractivity contribution < 1.29 is 14.6 Å². The van der Waals surface area contributed by atoms with Gasteiger partial charge < -0.3 is 0 Å². The third kappa shape index (κ3) is 4.36. The Morgan fingerprint density at radius 2 is 1.29 bits per heavy atom. The van der Waals surface area contributed by atoms with E-state index in [0.717, 1.165) is 0 Å². The van der Waals surface area contributed by atoms with E-state index in [9.17, 15) is 25.0 Å². The average Bonchev–Trinajstić information content (AvgIpc) is 2.66. The lowest BCUT2D eigenvalue weighted by Crippen LogP contribution is -2.34. The van der Waals surface area contributed by atoms with Gasteiger partial charge in [0.25, 0.3) is 11.4 Å². The van der Waals surface area contributed by atoms with Crippen molar-refractivity contribution in [1.29, 1.82) is 0 Å². The molecule has 0 spiro atoms. The van der Waals surface area contributed by atoms with Crippen molar-refractivity contribution in [3.63, 3.8) is 0 Å². The molecule has 0 bridgehead atoms. The minimum absolute atomic E-state index is 0.0432. The van der Waals surface area contributed by atoms with Crippen molar-refractivity contribution in [3.05, 3.63) is 91.0 Å². The van der Waals surface area contributed by atoms with Crippen molar-refractivity contribution in [2.24, 2.45) is 0 Å². The molecule has 0 N–H and O–H groups in total. The zero-order valence-corrected chi connectivity index (χ0v) is 15.1. The van der Waals surface area contributed by atoms with Crippen LogP contribution in [0.15, 0.2) is 59.7 Å². The maximum Gasteiger partial charge on any atom is 0.270 e. The van der Waals surface area contributed by atoms with E-state index in [4.69, 9.17) is 0 Å². The zero-order chi connectivity index (χ0) is 20.3. The summed E-state index contributed by atoms with van der Waals surface area (Å²) in [5.41, 5.74) is 2.07. The van der Waals surface area contributed by atoms with Crippen LogP contribution in [0.5, 0.6) is 0 Å². The first-order valence-corrected chi connectivity index (χ1v) is 8.47. The van der Waals surface area contributed by atoms with Gasteiger partial charge in [0.05, 0.1) is 9.85 Å². The van der Waals surface area contributed by atoms with Crippen LogP contribution in [0.25, 0.3) is 12.2 Å². The van der Waals surface area contributed by atoms with Crippen molar-refractivity contribution in [3.8, 4) is 0 Å². The molecule has 2 aromatic rings. The molecule has 8 heteroatoms. The largest absolute Gasteiger partial charge is 0.298 e. The Balaban J connectivity index is 1.94. The van der Waals surface area contributed by atoms with Gasteiger partial charge in [-0.2, -0.15) is 0 Å². The summed E-state index contributed by atoms with van der Waals surface area (Å²) in [6.07, 6.45) is 3.29. The summed E-state index contributed by atoms with van der Waals surface area (Å²) in [7, 11) is 1.86. The van der Waals surface area contributed by atoms with Crippen molar-refractivity contribution in [1.82, 2.24) is 4.90 Å². The van der Waals surface area contributed by atoms with E-state index in [2.05, 4.69) is 0 Å². The van der Waals surface area contributed by atoms with E-state index >= 15 is 0 Å². The number of nitro benzene ring substituents is 2. The van der Waals surface area contributed by atoms with Crippen molar-refractivity contribution in [2.75, 3.05) is 20.1 Å². The fraction of sp³-hybridized carbons (Fsp3) is 0.150. The molecule has 0 unspecified atom stereocenters. The van der Waals surface area contributed by atoms with Gasteiger partial charge in [0.1, 0.15) is 0 Å². The van der Waals surface area contributed by atoms with Gasteiger partial charge in [-0.3, -0.25) is 29.9 Å². The predicted octanol–water partition coefficient (Wildman–Crippen LogP) is 3.48. The predicted molar refractivity (Wildman–Crippen MR) is 105 cm³/mol. The quantitative estimate of drug-likeness (QED) is 0.457. The van der Waals surface area contributed by atoms with Crippen molar-refractivity contribution in [2.45, 2.75) is 0 Å². The van der Waals surface area contributed by atoms with Gasteiger partial charge in [0.2, 0.25) is 0 Å². The molecule has 1 aliphatic rings. The molecule has 3 rings (SSSR count). The molecule has 0 atom stereocenters. The molecule has 1 fully saturated rings. The van der Waals surface area contributed by atoms with Crippen LogP contribution >= 0.6 is 0 Å². The summed E-state index contributed by atoms with van der Waals surface area (Å²) in [6.45, 7) is 0.821. The van der Waals surface area contributed by atoms with E-state index in [1.165, 1.54) is 24.3 Å². The number of carbonyl (C=O) groups excluding carboxylic acids is 1. The van der Waals surface area contributed by atoms with Gasteiger partial charge in [-0.05, 0) is 30.3 Å². The average molecular weight is 379 g/mol. The van der Waals surface area contributed by atoms with Crippen LogP contribution in [0.2, 0.25) is 0 Å². The molecule has 2 aromatic carbocycles. The van der Waals surface area contributed by atoms with Crippen LogP contribution in [-0.4, -0.2) is 40.7 Å². The molecule has 142 valence electrons. The number of nitrogens with zero attached hydrogens (tertiary/aromatic N) is 3. The highest BCUT2D eigenvalue weighted by molar-refractivity contribution is 6.14. The molecule has 0 saturated carbocycles. The fourth-order valence-electron chi connectivity index (χ4n) is 3.07. The number of piperidine rings is 1. The van der Waals surface area contributed by atoms with Crippen LogP contribution in [0.1, 0.15) is 11.1 Å². The number of carbonyl (C=O) groups is 1. The smallest absolute Gasteiger partial charge is 0.270 e. The Morgan fingerprint density at radius 3 is 1.68 bits per heavy atom. The number of likely N-dealkylation sites (tertiary alicyclic amines) is 1. The maximum atomic E-state index is 12.9. The number of hydrogen-bond donors (Lipinski definition) is 0. The molecule has 28 heavy (non-hydrogen) atoms. The summed E-state index contributed by atoms with van der Waals surface area (Å²) in [6, 6.07) is 12.2. The molecule has 1 aliphatic heterocycles. The SMILES string of the molecule is CN1C/C(=C\c2cccc([N+](=O)[O-])c2)C(=O)/C(=C/c2cccc([N+](=O)[O-])c2)C1. The van der Waals surface area contributed by atoms with Crippen LogP contribution in [0.3, 0.4) is 0 Å². The van der Waals surface area contributed by atoms with Gasteiger partial charge in [0.15, 0.2) is 5.78 Å². The van der Waals surface area contributed by atoms with Gasteiger partial charge >= 0.3 is 0 Å². The fourth-order valence-corrected chi connectivity index (χ4v) is 3.07. The number of benzene rings is 2. The first-order chi connectivity index (χ1) is 13.3. The zero-order valence-electron chi connectivity index (χ0n) is 15.1. The number of non-ortho nitro benzene ring substituents is 2. The van der Waals surface area contributed by atoms with Crippen LogP contribution in [0.4, 0.5) is 11.4 Å². The Hall–Kier alpha value is -3.65. The number of ketones is 1. The van der Waals surface area contributed by atoms with Crippen LogP contribution in [0, 0.1) is 20.2 Å². The van der Waals surface area contributed by atoms with Gasteiger partial charge in [-0.25, -0.2) is 0 Å². The second kappa shape index (κ2) is 7.93. The molecular weight excluding hydrogens is 362 g/mol. The Bertz CT molecular complexity index is 947. The highest BCUT2D eigenvalue weighted by Crippen LogP contribution is 2.23. The number of likely N-dealkylation sites (N-methyl/N-ethyl adjacent to an activating group) is 1. The molecule has 0 aromatic heterocycles. The van der Waals surface area contributed by atoms with Gasteiger partial charge in [-0.15, -0.1) is 0 Å². The molecule has 1 heterocycles. The van der Waals surface area contributed by atoms with Crippen molar-refractivity contribution >= 4 is 29.3 Å². The van der Waals surface area contributed by atoms with E-state index in [0.29, 0.717) is 35.4 Å². The topological polar surface area (TPSA) is 107 Å². The van der Waals surface area contributed by atoms with E-state index in [1.54, 1.807) is 36.4 Å². The van der Waals surface area contributed by atoms with Crippen LogP contribution < -0.4 is 0 Å². The number of hydrogen-bond acceptors (Lipinski definition) is 6. The third-order valence-electron chi connectivity index (χ3n) is 4.31. The van der Waals surface area contributed by atoms with Crippen LogP contribution in [-0.2, 0) is 4.79 Å². The third-order valence-corrected chi connectivity index (χ3v) is 4.31. The first-order valence-electron chi connectivity index (χ1n) is 8.47. The minimum atomic E-state index is -0.482. The van der Waals surface area contributed by atoms with Gasteiger partial charge in [0, 0.05) is 48.5 Å². The lowest BCUT2D eigenvalue weighted by Gasteiger charge is -2.26. The molecule has 0 radical (unpaired) electrons. The van der Waals surface area contributed by atoms with E-state index in [1.807, 2.05) is 11.9 Å². The highest BCUT2D eigenvalue weighted by Gasteiger charge is 2.24. The normalized spacial score (nSPS) is 17.8. The minimum Gasteiger partial charge on any atom is -0.298 e.